The van der Waals surface area contributed by atoms with Crippen molar-refractivity contribution < 1.29 is 35.4 Å². The normalized spacial score (nSPS) is 47.5. The second kappa shape index (κ2) is 17.4. The van der Waals surface area contributed by atoms with Crippen LogP contribution in [-0.2, 0) is 4.79 Å². The number of imidazole rings is 1. The molecule has 70 heavy (non-hydrogen) atoms. The van der Waals surface area contributed by atoms with Gasteiger partial charge in [-0.1, -0.05) is 77.5 Å². The van der Waals surface area contributed by atoms with Gasteiger partial charge >= 0.3 is 0 Å². The van der Waals surface area contributed by atoms with E-state index in [1.165, 1.54) is 44.1 Å². The highest BCUT2D eigenvalue weighted by Crippen LogP contribution is 2.78. The number of hydrogen-bond acceptors (Lipinski definition) is 11. The summed E-state index contributed by atoms with van der Waals surface area (Å²) in [6.07, 6.45) is 19.5. The summed E-state index contributed by atoms with van der Waals surface area (Å²) >= 11 is 0. The van der Waals surface area contributed by atoms with E-state index in [0.29, 0.717) is 29.6 Å². The maximum absolute atomic E-state index is 14.9. The minimum Gasteiger partial charge on any atom is -0.396 e. The third-order valence-electron chi connectivity index (χ3n) is 22.5. The van der Waals surface area contributed by atoms with Crippen molar-refractivity contribution in [3.05, 3.63) is 52.7 Å². The van der Waals surface area contributed by atoms with Crippen LogP contribution in [0.3, 0.4) is 0 Å². The lowest BCUT2D eigenvalue weighted by Crippen LogP contribution is -2.70. The van der Waals surface area contributed by atoms with Gasteiger partial charge in [-0.25, -0.2) is 4.98 Å². The summed E-state index contributed by atoms with van der Waals surface area (Å²) in [5.41, 5.74) is 10.1. The van der Waals surface area contributed by atoms with Crippen LogP contribution >= 0.6 is 21.6 Å². The van der Waals surface area contributed by atoms with E-state index in [9.17, 15) is 35.4 Å². The van der Waals surface area contributed by atoms with E-state index >= 15 is 0 Å². The van der Waals surface area contributed by atoms with Crippen LogP contribution in [0.25, 0.3) is 0 Å². The number of aromatic nitrogens is 2. The lowest BCUT2D eigenvalue weighted by Gasteiger charge is -2.66. The summed E-state index contributed by atoms with van der Waals surface area (Å²) in [5, 5.41) is 77.7. The Hall–Kier alpha value is -2.17. The summed E-state index contributed by atoms with van der Waals surface area (Å²) in [7, 11) is 3.66. The number of ketones is 1. The molecule has 10 aliphatic carbocycles. The van der Waals surface area contributed by atoms with E-state index in [1.54, 1.807) is 40.5 Å². The number of rotatable bonds is 5. The van der Waals surface area contributed by atoms with Gasteiger partial charge in [-0.05, 0) is 166 Å². The molecule has 0 aromatic carbocycles. The first-order valence-electron chi connectivity index (χ1n) is 27.6. The number of carbonyl (C=O) groups excluding carboxylic acids is 1. The standard InChI is InChI=1S/C56H81N5O7S2/c1-29(63)60-51(57)59-24-36-37-13-12-33-32-9-7-10-34-44(32)46-49(35-11-8-16-54(47(34)35)14-5-6-15-54)52(2,3)22-31(61-18-17-58-28-61)26-70-69-25-30-19-39(45(33)50(46)67)55(37,27-62)56(30,68)40-21-41(64)38-20-42(65)43(66)23-53(38,4)48(36)40/h17-18,21,28-33,36-39,42-43,45-48,50,62-63,65-68H,5-16,19-20,22-27H2,1-4H3,(H3,57,59,60)/t29-,30+,31+,32-,33+,36+,37-,38-,39+,42+,43-,45-,46+,47-,48-,50-,53-,55+,56+/m0/s1. The van der Waals surface area contributed by atoms with Crippen LogP contribution in [-0.4, -0.2) is 107 Å². The molecule has 4 bridgehead atoms. The predicted molar refractivity (Wildman–Crippen MR) is 274 cm³/mol. The molecule has 9 N–H and O–H groups in total. The Labute approximate surface area is 423 Å². The number of nitrogens with zero attached hydrogens (tertiary/aromatic N) is 3. The van der Waals surface area contributed by atoms with Crippen molar-refractivity contribution in [3.63, 3.8) is 0 Å². The molecule has 7 saturated carbocycles. The van der Waals surface area contributed by atoms with Crippen LogP contribution in [0.4, 0.5) is 0 Å². The maximum atomic E-state index is 14.9. The Bertz CT molecular complexity index is 2360. The fourth-order valence-corrected chi connectivity index (χ4v) is 23.2. The molecule has 8 fully saturated rings. The molecule has 19 atom stereocenters. The molecule has 1 saturated heterocycles. The molecule has 12 nitrogen and oxygen atoms in total. The highest BCUT2D eigenvalue weighted by atomic mass is 33.1. The topological polar surface area (TPSA) is 207 Å². The molecule has 1 spiro atoms. The van der Waals surface area contributed by atoms with Gasteiger partial charge in [-0.3, -0.25) is 9.79 Å². The molecule has 1 aromatic heterocycles. The van der Waals surface area contributed by atoms with Crippen LogP contribution in [0.15, 0.2) is 57.7 Å². The Morgan fingerprint density at radius 2 is 1.73 bits per heavy atom. The zero-order valence-corrected chi connectivity index (χ0v) is 43.6. The molecule has 384 valence electrons. The summed E-state index contributed by atoms with van der Waals surface area (Å²) in [4.78, 5) is 24.5. The minimum absolute atomic E-state index is 0.106. The highest BCUT2D eigenvalue weighted by molar-refractivity contribution is 8.76. The van der Waals surface area contributed by atoms with Gasteiger partial charge in [0.05, 0.1) is 36.8 Å². The second-order valence-electron chi connectivity index (χ2n) is 25.8. The van der Waals surface area contributed by atoms with Crippen LogP contribution < -0.4 is 11.1 Å². The smallest absolute Gasteiger partial charge is 0.190 e. The molecule has 0 amide bonds. The van der Waals surface area contributed by atoms with Crippen LogP contribution in [0.2, 0.25) is 0 Å². The Balaban J connectivity index is 1.09. The van der Waals surface area contributed by atoms with Crippen molar-refractivity contribution in [1.82, 2.24) is 14.9 Å². The number of aliphatic hydroxyl groups is 6. The number of aliphatic hydroxyl groups excluding tert-OH is 5. The van der Waals surface area contributed by atoms with Gasteiger partial charge < -0.3 is 46.3 Å². The van der Waals surface area contributed by atoms with E-state index in [2.05, 4.69) is 41.8 Å². The summed E-state index contributed by atoms with van der Waals surface area (Å²) < 4.78 is 2.30. The Morgan fingerprint density at radius 1 is 0.971 bits per heavy atom. The molecule has 11 aliphatic rings. The molecule has 0 radical (unpaired) electrons. The number of hydrogen-bond donors (Lipinski definition) is 8. The van der Waals surface area contributed by atoms with Gasteiger partial charge in [-0.2, -0.15) is 0 Å². The molecular weight excluding hydrogens is 919 g/mol. The second-order valence-corrected chi connectivity index (χ2v) is 28.4. The van der Waals surface area contributed by atoms with Gasteiger partial charge in [0.15, 0.2) is 11.7 Å². The average molecular weight is 1000 g/mol. The first kappa shape index (κ1) is 48.8. The van der Waals surface area contributed by atoms with Crippen molar-refractivity contribution in [1.29, 1.82) is 0 Å². The zero-order valence-electron chi connectivity index (χ0n) is 42.0. The summed E-state index contributed by atoms with van der Waals surface area (Å²) in [5.74, 6) is -0.158. The first-order valence-corrected chi connectivity index (χ1v) is 30.1. The fourth-order valence-electron chi connectivity index (χ4n) is 20.5. The van der Waals surface area contributed by atoms with Crippen molar-refractivity contribution in [2.45, 2.75) is 167 Å². The Kier molecular flexibility index (Phi) is 12.2. The minimum atomic E-state index is -1.60. The predicted octanol–water partition coefficient (Wildman–Crippen LogP) is 7.12. The molecular formula is C56H81N5O7S2. The van der Waals surface area contributed by atoms with Crippen molar-refractivity contribution in [2.24, 2.45) is 97.5 Å². The van der Waals surface area contributed by atoms with Gasteiger partial charge in [0.1, 0.15) is 6.23 Å². The number of allylic oxidation sites excluding steroid dienone is 3. The number of nitrogens with two attached hydrogens (primary N) is 1. The lowest BCUT2D eigenvalue weighted by atomic mass is 9.39. The lowest BCUT2D eigenvalue weighted by molar-refractivity contribution is -0.209. The van der Waals surface area contributed by atoms with Crippen molar-refractivity contribution >= 4 is 33.3 Å². The quantitative estimate of drug-likeness (QED) is 0.0489. The number of nitrogens with one attached hydrogen (secondary N) is 1. The zero-order chi connectivity index (χ0) is 48.9. The fraction of sp³-hybridized carbons (Fsp3) is 0.804. The molecule has 12 rings (SSSR count). The van der Waals surface area contributed by atoms with Gasteiger partial charge in [0.25, 0.3) is 0 Å². The molecule has 2 heterocycles. The third-order valence-corrected chi connectivity index (χ3v) is 25.0. The van der Waals surface area contributed by atoms with Gasteiger partial charge in [0.2, 0.25) is 0 Å². The Morgan fingerprint density at radius 3 is 2.47 bits per heavy atom. The molecule has 0 unspecified atom stereocenters. The number of aliphatic imine (C=N–C) groups is 1. The molecule has 1 aromatic rings. The first-order chi connectivity index (χ1) is 33.5. The van der Waals surface area contributed by atoms with E-state index in [0.717, 1.165) is 50.7 Å². The van der Waals surface area contributed by atoms with Gasteiger partial charge in [0, 0.05) is 65.6 Å². The van der Waals surface area contributed by atoms with E-state index in [1.807, 2.05) is 23.3 Å². The SMILES string of the molecule is C[C@H](O)NC(N)=NC[C@H]1[C@H]2C(=CC(=O)[C@@H]3C[C@@H](O)[C@@H](O)C[C@]23C)[C@]2(O)[C@H]3CSSC[C@H](n4ccnc4)CC(C)(C)C4=C5CCCC6(CCCC6)[C@H]5C5=C6[C@H]4[C@@H](O)[C@H]4[C@H](CC[C@@H]1[C@]2(CO)[C@@H]4C3)[C@@H]6CCC5. The van der Waals surface area contributed by atoms with E-state index in [4.69, 9.17) is 10.7 Å². The summed E-state index contributed by atoms with van der Waals surface area (Å²) in [6, 6.07) is 0.147. The van der Waals surface area contributed by atoms with Crippen molar-refractivity contribution in [3.8, 4) is 0 Å². The third kappa shape index (κ3) is 6.79. The molecule has 1 aliphatic heterocycles. The number of carbonyl (C=O) groups is 1. The average Bonchev–Trinajstić information content (AvgIpc) is 4.06. The number of guanidine groups is 1. The maximum Gasteiger partial charge on any atom is 0.190 e. The molecule has 14 heteroatoms. The van der Waals surface area contributed by atoms with Crippen LogP contribution in [0.1, 0.15) is 136 Å². The van der Waals surface area contributed by atoms with Crippen LogP contribution in [0.5, 0.6) is 0 Å². The van der Waals surface area contributed by atoms with Crippen molar-refractivity contribution in [2.75, 3.05) is 24.7 Å². The largest absolute Gasteiger partial charge is 0.396 e. The summed E-state index contributed by atoms with van der Waals surface area (Å²) in [6.45, 7) is 8.62. The van der Waals surface area contributed by atoms with Crippen LogP contribution in [0, 0.1) is 86.8 Å². The monoisotopic (exact) mass is 1000 g/mol. The van der Waals surface area contributed by atoms with E-state index in [-0.39, 0.29) is 96.0 Å². The van der Waals surface area contributed by atoms with E-state index < -0.39 is 52.8 Å². The van der Waals surface area contributed by atoms with Gasteiger partial charge in [-0.15, -0.1) is 0 Å². The number of fused-ring (bicyclic) bond motifs is 10. The highest BCUT2D eigenvalue weighted by Gasteiger charge is 2.79.